The Labute approximate surface area is 160 Å². The molecule has 1 atom stereocenters. The van der Waals surface area contributed by atoms with Crippen LogP contribution in [0.3, 0.4) is 0 Å². The third-order valence-electron chi connectivity index (χ3n) is 4.36. The Hall–Kier alpha value is -2.11. The molecule has 0 saturated carbocycles. The second-order valence-corrected chi connectivity index (χ2v) is 7.07. The molecule has 26 heavy (non-hydrogen) atoms. The second-order valence-electron chi connectivity index (χ2n) is 6.23. The number of halogens is 3. The number of hydrogen-bond acceptors (Lipinski definition) is 2. The van der Waals surface area contributed by atoms with Crippen LogP contribution in [0.4, 0.5) is 10.1 Å². The molecular weight excluding hydrogens is 378 g/mol. The number of carbonyl (C=O) groups excluding carboxylic acids is 2. The van der Waals surface area contributed by atoms with E-state index in [0.29, 0.717) is 35.2 Å². The minimum atomic E-state index is -0.428. The highest BCUT2D eigenvalue weighted by atomic mass is 35.5. The number of nitrogens with one attached hydrogen (secondary N) is 1. The lowest BCUT2D eigenvalue weighted by Gasteiger charge is -2.17. The van der Waals surface area contributed by atoms with Crippen molar-refractivity contribution in [2.45, 2.75) is 12.8 Å². The quantitative estimate of drug-likeness (QED) is 0.827. The number of amides is 2. The summed E-state index contributed by atoms with van der Waals surface area (Å²) in [5.41, 5.74) is 1.42. The fourth-order valence-electron chi connectivity index (χ4n) is 2.90. The van der Waals surface area contributed by atoms with Crippen molar-refractivity contribution in [2.75, 3.05) is 18.4 Å². The Morgan fingerprint density at radius 3 is 2.62 bits per heavy atom. The molecule has 0 aromatic heterocycles. The average molecular weight is 395 g/mol. The van der Waals surface area contributed by atoms with Crippen molar-refractivity contribution in [2.24, 2.45) is 5.92 Å². The summed E-state index contributed by atoms with van der Waals surface area (Å²) in [6.07, 6.45) is 0.782. The van der Waals surface area contributed by atoms with Crippen molar-refractivity contribution in [1.29, 1.82) is 0 Å². The molecule has 1 aliphatic rings. The predicted molar refractivity (Wildman–Crippen MR) is 99.9 cm³/mol. The van der Waals surface area contributed by atoms with E-state index in [9.17, 15) is 14.0 Å². The van der Waals surface area contributed by atoms with Gasteiger partial charge in [0.2, 0.25) is 11.8 Å². The van der Waals surface area contributed by atoms with Crippen molar-refractivity contribution < 1.29 is 14.0 Å². The zero-order valence-electron chi connectivity index (χ0n) is 13.8. The molecule has 0 aliphatic carbocycles. The van der Waals surface area contributed by atoms with Gasteiger partial charge in [-0.1, -0.05) is 35.3 Å². The highest BCUT2D eigenvalue weighted by molar-refractivity contribution is 6.36. The Bertz CT molecular complexity index is 827. The Morgan fingerprint density at radius 2 is 1.92 bits per heavy atom. The summed E-state index contributed by atoms with van der Waals surface area (Å²) in [7, 11) is 0. The fraction of sp³-hybridized carbons (Fsp3) is 0.263. The monoisotopic (exact) mass is 394 g/mol. The van der Waals surface area contributed by atoms with Gasteiger partial charge in [0.15, 0.2) is 0 Å². The van der Waals surface area contributed by atoms with Crippen LogP contribution in [0.25, 0.3) is 0 Å². The highest BCUT2D eigenvalue weighted by Crippen LogP contribution is 2.27. The maximum absolute atomic E-state index is 12.9. The molecule has 4 nitrogen and oxygen atoms in total. The van der Waals surface area contributed by atoms with Crippen LogP contribution in [-0.2, 0) is 16.0 Å². The number of carbonyl (C=O) groups is 2. The predicted octanol–water partition coefficient (Wildman–Crippen LogP) is 4.16. The van der Waals surface area contributed by atoms with E-state index in [0.717, 1.165) is 5.56 Å². The standard InChI is InChI=1S/C19H17Cl2FN2O2/c20-14-3-6-17(16(21)10-14)23-19(26)13-9-18(25)24(11-13)8-7-12-1-4-15(22)5-2-12/h1-6,10,13H,7-9,11H2,(H,23,26)/t13-/m1/s1. The number of rotatable bonds is 5. The molecule has 2 aromatic carbocycles. The van der Waals surface area contributed by atoms with Crippen LogP contribution < -0.4 is 5.32 Å². The zero-order valence-corrected chi connectivity index (χ0v) is 15.4. The molecule has 0 unspecified atom stereocenters. The van der Waals surface area contributed by atoms with Crippen LogP contribution in [0.5, 0.6) is 0 Å². The molecule has 2 aromatic rings. The minimum absolute atomic E-state index is 0.0607. The largest absolute Gasteiger partial charge is 0.342 e. The summed E-state index contributed by atoms with van der Waals surface area (Å²) in [4.78, 5) is 26.3. The molecule has 1 heterocycles. The smallest absolute Gasteiger partial charge is 0.229 e. The fourth-order valence-corrected chi connectivity index (χ4v) is 3.36. The molecule has 2 amide bonds. The Balaban J connectivity index is 1.56. The van der Waals surface area contributed by atoms with Gasteiger partial charge in [-0.2, -0.15) is 0 Å². The molecule has 136 valence electrons. The number of benzene rings is 2. The van der Waals surface area contributed by atoms with Crippen LogP contribution in [-0.4, -0.2) is 29.8 Å². The summed E-state index contributed by atoms with van der Waals surface area (Å²) in [6.45, 7) is 0.854. The third kappa shape index (κ3) is 4.54. The van der Waals surface area contributed by atoms with Gasteiger partial charge in [-0.3, -0.25) is 9.59 Å². The van der Waals surface area contributed by atoms with Crippen LogP contribution >= 0.6 is 23.2 Å². The zero-order chi connectivity index (χ0) is 18.7. The molecule has 0 radical (unpaired) electrons. The molecule has 1 aliphatic heterocycles. The van der Waals surface area contributed by atoms with Gasteiger partial charge >= 0.3 is 0 Å². The second kappa shape index (κ2) is 8.06. The molecule has 3 rings (SSSR count). The molecule has 0 spiro atoms. The van der Waals surface area contributed by atoms with Crippen LogP contribution in [0.15, 0.2) is 42.5 Å². The van der Waals surface area contributed by atoms with Crippen LogP contribution in [0, 0.1) is 11.7 Å². The van der Waals surface area contributed by atoms with E-state index < -0.39 is 5.92 Å². The lowest BCUT2D eigenvalue weighted by atomic mass is 10.1. The Morgan fingerprint density at radius 1 is 1.19 bits per heavy atom. The molecule has 1 saturated heterocycles. The lowest BCUT2D eigenvalue weighted by molar-refractivity contribution is -0.128. The van der Waals surface area contributed by atoms with Gasteiger partial charge < -0.3 is 10.2 Å². The average Bonchev–Trinajstić information content (AvgIpc) is 2.98. The van der Waals surface area contributed by atoms with Gasteiger partial charge in [0.1, 0.15) is 5.82 Å². The van der Waals surface area contributed by atoms with Crippen molar-refractivity contribution in [3.63, 3.8) is 0 Å². The number of nitrogens with zero attached hydrogens (tertiary/aromatic N) is 1. The molecule has 0 bridgehead atoms. The number of likely N-dealkylation sites (tertiary alicyclic amines) is 1. The Kier molecular flexibility index (Phi) is 5.79. The normalized spacial score (nSPS) is 16.8. The lowest BCUT2D eigenvalue weighted by Crippen LogP contribution is -2.30. The molecule has 1 N–H and O–H groups in total. The first-order valence-corrected chi connectivity index (χ1v) is 8.96. The van der Waals surface area contributed by atoms with Crippen molar-refractivity contribution in [3.05, 3.63) is 63.9 Å². The van der Waals surface area contributed by atoms with Gasteiger partial charge in [-0.25, -0.2) is 4.39 Å². The van der Waals surface area contributed by atoms with Crippen molar-refractivity contribution in [1.82, 2.24) is 4.90 Å². The van der Waals surface area contributed by atoms with Crippen molar-refractivity contribution >= 4 is 40.7 Å². The van der Waals surface area contributed by atoms with Crippen LogP contribution in [0.1, 0.15) is 12.0 Å². The maximum Gasteiger partial charge on any atom is 0.229 e. The first-order valence-electron chi connectivity index (χ1n) is 8.20. The number of hydrogen-bond donors (Lipinski definition) is 1. The van der Waals surface area contributed by atoms with Gasteiger partial charge in [0, 0.05) is 24.5 Å². The van der Waals surface area contributed by atoms with Crippen molar-refractivity contribution in [3.8, 4) is 0 Å². The van der Waals surface area contributed by atoms with E-state index in [1.165, 1.54) is 12.1 Å². The van der Waals surface area contributed by atoms with E-state index in [2.05, 4.69) is 5.32 Å². The van der Waals surface area contributed by atoms with Gasteiger partial charge in [0.25, 0.3) is 0 Å². The summed E-state index contributed by atoms with van der Waals surface area (Å²) in [5, 5.41) is 3.58. The van der Waals surface area contributed by atoms with E-state index in [1.807, 2.05) is 0 Å². The summed E-state index contributed by atoms with van der Waals surface area (Å²) in [6, 6.07) is 11.0. The van der Waals surface area contributed by atoms with Gasteiger partial charge in [0.05, 0.1) is 16.6 Å². The maximum atomic E-state index is 12.9. The minimum Gasteiger partial charge on any atom is -0.342 e. The highest BCUT2D eigenvalue weighted by Gasteiger charge is 2.34. The third-order valence-corrected chi connectivity index (χ3v) is 4.91. The molecule has 7 heteroatoms. The molecule has 1 fully saturated rings. The summed E-state index contributed by atoms with van der Waals surface area (Å²) >= 11 is 11.9. The first kappa shape index (κ1) is 18.7. The topological polar surface area (TPSA) is 49.4 Å². The number of anilines is 1. The van der Waals surface area contributed by atoms with E-state index in [4.69, 9.17) is 23.2 Å². The van der Waals surface area contributed by atoms with E-state index in [1.54, 1.807) is 35.2 Å². The molecular formula is C19H17Cl2FN2O2. The first-order chi connectivity index (χ1) is 12.4. The van der Waals surface area contributed by atoms with Gasteiger partial charge in [-0.05, 0) is 42.3 Å². The summed E-state index contributed by atoms with van der Waals surface area (Å²) in [5.74, 6) is -1.02. The SMILES string of the molecule is O=C(Nc1ccc(Cl)cc1Cl)[C@@H]1CC(=O)N(CCc2ccc(F)cc2)C1. The van der Waals surface area contributed by atoms with E-state index >= 15 is 0 Å². The van der Waals surface area contributed by atoms with Gasteiger partial charge in [-0.15, -0.1) is 0 Å². The van der Waals surface area contributed by atoms with Crippen LogP contribution in [0.2, 0.25) is 10.0 Å². The van der Waals surface area contributed by atoms with E-state index in [-0.39, 0.29) is 24.1 Å². The summed E-state index contributed by atoms with van der Waals surface area (Å²) < 4.78 is 12.9.